The third-order valence-electron chi connectivity index (χ3n) is 1.67. The van der Waals surface area contributed by atoms with Gasteiger partial charge in [-0.2, -0.15) is 0 Å². The molecule has 4 nitrogen and oxygen atoms in total. The van der Waals surface area contributed by atoms with Crippen molar-refractivity contribution in [1.82, 2.24) is 0 Å². The Hall–Kier alpha value is -0.420. The van der Waals surface area contributed by atoms with Gasteiger partial charge in [0.05, 0.1) is 25.4 Å². The fraction of sp³-hybridized carbons (Fsp3) is 0.778. The molecule has 0 aromatic heterocycles. The molecule has 78 valence electrons. The highest BCUT2D eigenvalue weighted by molar-refractivity contribution is 4.68. The maximum absolute atomic E-state index is 9.02. The Morgan fingerprint density at radius 1 is 1.46 bits per heavy atom. The largest absolute Gasteiger partial charge is 0.394 e. The molecule has 1 heterocycles. The molecular formula is C9H18O4. The summed E-state index contributed by atoms with van der Waals surface area (Å²) in [6, 6.07) is 0. The number of rotatable bonds is 2. The van der Waals surface area contributed by atoms with Crippen molar-refractivity contribution in [2.24, 2.45) is 0 Å². The summed E-state index contributed by atoms with van der Waals surface area (Å²) in [6.07, 6.45) is 2.32. The Balaban J connectivity index is 0.000000310. The molecule has 0 spiro atoms. The van der Waals surface area contributed by atoms with Gasteiger partial charge in [-0.05, 0) is 6.42 Å². The Bertz CT molecular complexity index is 127. The summed E-state index contributed by atoms with van der Waals surface area (Å²) in [5, 5.41) is 25.3. The maximum atomic E-state index is 9.02. The minimum Gasteiger partial charge on any atom is -0.394 e. The third-order valence-corrected chi connectivity index (χ3v) is 1.67. The average Bonchev–Trinajstić information content (AvgIpc) is 2.18. The standard InChI is InChI=1S/C6H12O3.C3H6O/c7-4-6-3-5(8)1-2-9-6;1-2-3-4/h5-8H,1-4H2;2,4H,1,3H2. The normalized spacial score (nSPS) is 27.3. The fourth-order valence-electron chi connectivity index (χ4n) is 0.987. The first-order chi connectivity index (χ1) is 6.24. The molecule has 1 aliphatic heterocycles. The second-order valence-corrected chi connectivity index (χ2v) is 2.82. The lowest BCUT2D eigenvalue weighted by Gasteiger charge is -2.24. The Labute approximate surface area is 78.5 Å². The van der Waals surface area contributed by atoms with Crippen LogP contribution in [0, 0.1) is 0 Å². The fourth-order valence-corrected chi connectivity index (χ4v) is 0.987. The van der Waals surface area contributed by atoms with Crippen LogP contribution in [0.2, 0.25) is 0 Å². The lowest BCUT2D eigenvalue weighted by atomic mass is 10.1. The lowest BCUT2D eigenvalue weighted by molar-refractivity contribution is -0.0642. The molecule has 2 unspecified atom stereocenters. The first-order valence-corrected chi connectivity index (χ1v) is 4.36. The summed E-state index contributed by atoms with van der Waals surface area (Å²) in [4.78, 5) is 0. The molecule has 4 heteroatoms. The van der Waals surface area contributed by atoms with E-state index in [1.165, 1.54) is 6.08 Å². The molecule has 0 radical (unpaired) electrons. The van der Waals surface area contributed by atoms with Gasteiger partial charge in [-0.1, -0.05) is 6.08 Å². The van der Waals surface area contributed by atoms with Gasteiger partial charge < -0.3 is 20.1 Å². The lowest BCUT2D eigenvalue weighted by Crippen LogP contribution is -2.31. The molecule has 13 heavy (non-hydrogen) atoms. The smallest absolute Gasteiger partial charge is 0.0830 e. The molecule has 1 rings (SSSR count). The zero-order chi connectivity index (χ0) is 10.1. The van der Waals surface area contributed by atoms with E-state index in [0.29, 0.717) is 19.4 Å². The second kappa shape index (κ2) is 8.19. The van der Waals surface area contributed by atoms with Gasteiger partial charge in [0, 0.05) is 13.0 Å². The van der Waals surface area contributed by atoms with Crippen LogP contribution in [-0.4, -0.2) is 47.3 Å². The van der Waals surface area contributed by atoms with E-state index in [9.17, 15) is 0 Å². The first kappa shape index (κ1) is 12.6. The molecule has 1 fully saturated rings. The van der Waals surface area contributed by atoms with Crippen molar-refractivity contribution < 1.29 is 20.1 Å². The quantitative estimate of drug-likeness (QED) is 0.522. The predicted octanol–water partition coefficient (Wildman–Crippen LogP) is -0.317. The molecule has 0 aromatic rings. The van der Waals surface area contributed by atoms with Crippen molar-refractivity contribution in [3.8, 4) is 0 Å². The van der Waals surface area contributed by atoms with Crippen LogP contribution in [0.25, 0.3) is 0 Å². The highest BCUT2D eigenvalue weighted by atomic mass is 16.5. The summed E-state index contributed by atoms with van der Waals surface area (Å²) in [5.74, 6) is 0. The van der Waals surface area contributed by atoms with Crippen LogP contribution in [0.5, 0.6) is 0 Å². The van der Waals surface area contributed by atoms with Crippen molar-refractivity contribution >= 4 is 0 Å². The van der Waals surface area contributed by atoms with E-state index >= 15 is 0 Å². The van der Waals surface area contributed by atoms with Crippen LogP contribution in [0.15, 0.2) is 12.7 Å². The van der Waals surface area contributed by atoms with E-state index in [2.05, 4.69) is 6.58 Å². The molecule has 2 atom stereocenters. The molecule has 0 aliphatic carbocycles. The highest BCUT2D eigenvalue weighted by Crippen LogP contribution is 2.12. The summed E-state index contributed by atoms with van der Waals surface area (Å²) >= 11 is 0. The summed E-state index contributed by atoms with van der Waals surface area (Å²) in [7, 11) is 0. The number of aliphatic hydroxyl groups is 3. The zero-order valence-electron chi connectivity index (χ0n) is 7.72. The van der Waals surface area contributed by atoms with E-state index in [4.69, 9.17) is 20.1 Å². The van der Waals surface area contributed by atoms with E-state index in [1.54, 1.807) is 0 Å². The predicted molar refractivity (Wildman–Crippen MR) is 49.3 cm³/mol. The molecular weight excluding hydrogens is 172 g/mol. The van der Waals surface area contributed by atoms with Crippen molar-refractivity contribution in [2.45, 2.75) is 25.0 Å². The van der Waals surface area contributed by atoms with Crippen LogP contribution in [0.1, 0.15) is 12.8 Å². The number of aliphatic hydroxyl groups excluding tert-OH is 3. The monoisotopic (exact) mass is 190 g/mol. The third kappa shape index (κ3) is 6.72. The van der Waals surface area contributed by atoms with E-state index < -0.39 is 0 Å². The molecule has 0 bridgehead atoms. The maximum Gasteiger partial charge on any atom is 0.0830 e. The van der Waals surface area contributed by atoms with Crippen molar-refractivity contribution in [1.29, 1.82) is 0 Å². The molecule has 3 N–H and O–H groups in total. The molecule has 0 amide bonds. The van der Waals surface area contributed by atoms with E-state index in [-0.39, 0.29) is 25.4 Å². The second-order valence-electron chi connectivity index (χ2n) is 2.82. The number of hydrogen-bond donors (Lipinski definition) is 3. The van der Waals surface area contributed by atoms with Crippen molar-refractivity contribution in [2.75, 3.05) is 19.8 Å². The highest BCUT2D eigenvalue weighted by Gasteiger charge is 2.19. The minimum absolute atomic E-state index is 0.0249. The van der Waals surface area contributed by atoms with E-state index in [1.807, 2.05) is 0 Å². The van der Waals surface area contributed by atoms with Gasteiger partial charge in [-0.15, -0.1) is 6.58 Å². The zero-order valence-corrected chi connectivity index (χ0v) is 7.72. The molecule has 1 aliphatic rings. The van der Waals surface area contributed by atoms with E-state index in [0.717, 1.165) is 0 Å². The van der Waals surface area contributed by atoms with Crippen LogP contribution >= 0.6 is 0 Å². The Kier molecular flexibility index (Phi) is 7.93. The summed E-state index contributed by atoms with van der Waals surface area (Å²) in [5.41, 5.74) is 0. The number of hydrogen-bond acceptors (Lipinski definition) is 4. The molecule has 1 saturated heterocycles. The van der Waals surface area contributed by atoms with Gasteiger partial charge in [-0.3, -0.25) is 0 Å². The average molecular weight is 190 g/mol. The van der Waals surface area contributed by atoms with Crippen molar-refractivity contribution in [3.05, 3.63) is 12.7 Å². The Morgan fingerprint density at radius 2 is 2.08 bits per heavy atom. The minimum atomic E-state index is -0.268. The summed E-state index contributed by atoms with van der Waals surface area (Å²) in [6.45, 7) is 3.91. The SMILES string of the molecule is C=CCO.OCC1CC(O)CCO1. The van der Waals surface area contributed by atoms with Gasteiger partial charge in [0.15, 0.2) is 0 Å². The Morgan fingerprint density at radius 3 is 2.38 bits per heavy atom. The molecule has 0 aromatic carbocycles. The van der Waals surface area contributed by atoms with Gasteiger partial charge in [0.25, 0.3) is 0 Å². The van der Waals surface area contributed by atoms with Gasteiger partial charge in [0.2, 0.25) is 0 Å². The van der Waals surface area contributed by atoms with Crippen molar-refractivity contribution in [3.63, 3.8) is 0 Å². The van der Waals surface area contributed by atoms with Gasteiger partial charge in [0.1, 0.15) is 0 Å². The first-order valence-electron chi connectivity index (χ1n) is 4.36. The van der Waals surface area contributed by atoms with Crippen LogP contribution < -0.4 is 0 Å². The number of ether oxygens (including phenoxy) is 1. The van der Waals surface area contributed by atoms with Crippen LogP contribution in [0.4, 0.5) is 0 Å². The van der Waals surface area contributed by atoms with Crippen LogP contribution in [-0.2, 0) is 4.74 Å². The topological polar surface area (TPSA) is 69.9 Å². The van der Waals surface area contributed by atoms with Crippen LogP contribution in [0.3, 0.4) is 0 Å². The molecule has 0 saturated carbocycles. The summed E-state index contributed by atoms with van der Waals surface area (Å²) < 4.78 is 5.09. The van der Waals surface area contributed by atoms with Gasteiger partial charge in [-0.25, -0.2) is 0 Å². The van der Waals surface area contributed by atoms with Gasteiger partial charge >= 0.3 is 0 Å².